The van der Waals surface area contributed by atoms with E-state index in [4.69, 9.17) is 11.6 Å². The molecule has 2 aliphatic heterocycles. The Morgan fingerprint density at radius 2 is 1.89 bits per heavy atom. The first-order valence-corrected chi connectivity index (χ1v) is 11.5. The lowest BCUT2D eigenvalue weighted by atomic mass is 10.0. The molecular formula is C19H28ClN3O3S. The van der Waals surface area contributed by atoms with Gasteiger partial charge in [-0.2, -0.15) is 4.31 Å². The van der Waals surface area contributed by atoms with E-state index in [2.05, 4.69) is 17.1 Å². The third-order valence-corrected chi connectivity index (χ3v) is 7.71. The second kappa shape index (κ2) is 8.90. The van der Waals surface area contributed by atoms with Crippen molar-refractivity contribution < 1.29 is 13.2 Å². The van der Waals surface area contributed by atoms with Crippen LogP contribution in [0.15, 0.2) is 23.1 Å². The zero-order valence-electron chi connectivity index (χ0n) is 15.8. The van der Waals surface area contributed by atoms with Crippen LogP contribution in [0.1, 0.15) is 45.4 Å². The van der Waals surface area contributed by atoms with Crippen LogP contribution in [0.2, 0.25) is 5.02 Å². The molecule has 2 aliphatic rings. The molecule has 0 bridgehead atoms. The first kappa shape index (κ1) is 20.6. The molecule has 0 aliphatic carbocycles. The highest BCUT2D eigenvalue weighted by molar-refractivity contribution is 7.89. The normalized spacial score (nSPS) is 22.1. The van der Waals surface area contributed by atoms with Crippen LogP contribution in [0.3, 0.4) is 0 Å². The Morgan fingerprint density at radius 3 is 2.59 bits per heavy atom. The molecule has 2 heterocycles. The van der Waals surface area contributed by atoms with E-state index in [1.54, 1.807) is 0 Å². The molecule has 1 aromatic rings. The van der Waals surface area contributed by atoms with Crippen molar-refractivity contribution in [2.45, 2.75) is 56.4 Å². The Morgan fingerprint density at radius 1 is 1.19 bits per heavy atom. The molecule has 1 unspecified atom stereocenters. The second-order valence-electron chi connectivity index (χ2n) is 7.43. The molecular weight excluding hydrogens is 386 g/mol. The molecule has 0 spiro atoms. The molecule has 1 amide bonds. The second-order valence-corrected chi connectivity index (χ2v) is 9.78. The highest BCUT2D eigenvalue weighted by atomic mass is 35.5. The largest absolute Gasteiger partial charge is 0.325 e. The average Bonchev–Trinajstić information content (AvgIpc) is 3.18. The smallest absolute Gasteiger partial charge is 0.243 e. The standard InChI is InChI=1S/C19H28ClN3O3S/c1-15-6-2-3-10-22(15)13-9-19(24)21-18-14-16(7-8-17(18)20)27(25,26)23-11-4-5-12-23/h7-8,14-15H,2-6,9-13H2,1H3,(H,21,24). The number of sulfonamides is 1. The van der Waals surface area contributed by atoms with Gasteiger partial charge in [-0.3, -0.25) is 4.79 Å². The Labute approximate surface area is 166 Å². The number of rotatable bonds is 6. The van der Waals surface area contributed by atoms with Gasteiger partial charge >= 0.3 is 0 Å². The van der Waals surface area contributed by atoms with Crippen LogP contribution in [0.25, 0.3) is 0 Å². The van der Waals surface area contributed by atoms with E-state index in [9.17, 15) is 13.2 Å². The third kappa shape index (κ3) is 5.02. The Balaban J connectivity index is 1.64. The zero-order valence-corrected chi connectivity index (χ0v) is 17.4. The van der Waals surface area contributed by atoms with Crippen LogP contribution in [0, 0.1) is 0 Å². The van der Waals surface area contributed by atoms with Crippen molar-refractivity contribution in [3.8, 4) is 0 Å². The van der Waals surface area contributed by atoms with E-state index in [0.717, 1.165) is 19.4 Å². The molecule has 3 rings (SSSR count). The summed E-state index contributed by atoms with van der Waals surface area (Å²) in [5.41, 5.74) is 0.355. The van der Waals surface area contributed by atoms with Crippen molar-refractivity contribution in [3.05, 3.63) is 23.2 Å². The van der Waals surface area contributed by atoms with Gasteiger partial charge < -0.3 is 10.2 Å². The van der Waals surface area contributed by atoms with E-state index < -0.39 is 10.0 Å². The molecule has 1 N–H and O–H groups in total. The Bertz CT molecular complexity index is 778. The number of carbonyl (C=O) groups is 1. The summed E-state index contributed by atoms with van der Waals surface area (Å²) in [6, 6.07) is 5.01. The Kier molecular flexibility index (Phi) is 6.78. The average molecular weight is 414 g/mol. The van der Waals surface area contributed by atoms with Crippen molar-refractivity contribution in [1.82, 2.24) is 9.21 Å². The highest BCUT2D eigenvalue weighted by Gasteiger charge is 2.28. The molecule has 1 atom stereocenters. The van der Waals surface area contributed by atoms with Crippen molar-refractivity contribution in [3.63, 3.8) is 0 Å². The van der Waals surface area contributed by atoms with Crippen molar-refractivity contribution >= 4 is 33.2 Å². The number of carbonyl (C=O) groups excluding carboxylic acids is 1. The van der Waals surface area contributed by atoms with Gasteiger partial charge in [-0.25, -0.2) is 8.42 Å². The summed E-state index contributed by atoms with van der Waals surface area (Å²) in [5.74, 6) is -0.148. The fourth-order valence-electron chi connectivity index (χ4n) is 3.79. The van der Waals surface area contributed by atoms with Gasteiger partial charge in [-0.15, -0.1) is 0 Å². The zero-order chi connectivity index (χ0) is 19.4. The summed E-state index contributed by atoms with van der Waals surface area (Å²) in [6.45, 7) is 5.01. The first-order chi connectivity index (χ1) is 12.9. The number of likely N-dealkylation sites (tertiary alicyclic amines) is 1. The summed E-state index contributed by atoms with van der Waals surface area (Å²) < 4.78 is 26.9. The summed E-state index contributed by atoms with van der Waals surface area (Å²) >= 11 is 6.19. The van der Waals surface area contributed by atoms with Crippen LogP contribution in [-0.2, 0) is 14.8 Å². The lowest BCUT2D eigenvalue weighted by molar-refractivity contribution is -0.116. The predicted octanol–water partition coefficient (Wildman–Crippen LogP) is 3.33. The van der Waals surface area contributed by atoms with Gasteiger partial charge in [-0.1, -0.05) is 18.0 Å². The molecule has 1 aromatic carbocycles. The van der Waals surface area contributed by atoms with Gasteiger partial charge in [-0.05, 0) is 57.4 Å². The lowest BCUT2D eigenvalue weighted by Crippen LogP contribution is -2.39. The molecule has 2 saturated heterocycles. The number of anilines is 1. The van der Waals surface area contributed by atoms with Crippen LogP contribution >= 0.6 is 11.6 Å². The van der Waals surface area contributed by atoms with Gasteiger partial charge in [0.1, 0.15) is 0 Å². The fraction of sp³-hybridized carbons (Fsp3) is 0.632. The van der Waals surface area contributed by atoms with Gasteiger partial charge in [0.2, 0.25) is 15.9 Å². The molecule has 0 saturated carbocycles. The molecule has 2 fully saturated rings. The molecule has 27 heavy (non-hydrogen) atoms. The summed E-state index contributed by atoms with van der Waals surface area (Å²) in [7, 11) is -3.54. The molecule has 0 radical (unpaired) electrons. The quantitative estimate of drug-likeness (QED) is 0.776. The highest BCUT2D eigenvalue weighted by Crippen LogP contribution is 2.28. The predicted molar refractivity (Wildman–Crippen MR) is 108 cm³/mol. The third-order valence-electron chi connectivity index (χ3n) is 5.48. The number of benzene rings is 1. The monoisotopic (exact) mass is 413 g/mol. The minimum Gasteiger partial charge on any atom is -0.325 e. The first-order valence-electron chi connectivity index (χ1n) is 9.71. The number of hydrogen-bond donors (Lipinski definition) is 1. The molecule has 0 aromatic heterocycles. The van der Waals surface area contributed by atoms with Crippen molar-refractivity contribution in [2.75, 3.05) is 31.5 Å². The number of hydrogen-bond acceptors (Lipinski definition) is 4. The summed E-state index contributed by atoms with van der Waals surface area (Å²) in [5, 5.41) is 3.13. The van der Waals surface area contributed by atoms with E-state index in [0.29, 0.717) is 42.8 Å². The van der Waals surface area contributed by atoms with Gasteiger partial charge in [0.15, 0.2) is 0 Å². The number of amides is 1. The van der Waals surface area contributed by atoms with Crippen LogP contribution < -0.4 is 5.32 Å². The lowest BCUT2D eigenvalue weighted by Gasteiger charge is -2.33. The molecule has 8 heteroatoms. The van der Waals surface area contributed by atoms with E-state index in [-0.39, 0.29) is 10.8 Å². The van der Waals surface area contributed by atoms with Gasteiger partial charge in [0.25, 0.3) is 0 Å². The van der Waals surface area contributed by atoms with Crippen LogP contribution in [-0.4, -0.2) is 55.8 Å². The Hall–Kier alpha value is -1.15. The van der Waals surface area contributed by atoms with E-state index in [1.165, 1.54) is 41.8 Å². The number of halogens is 1. The molecule has 150 valence electrons. The SMILES string of the molecule is CC1CCCCN1CCC(=O)Nc1cc(S(=O)(=O)N2CCCC2)ccc1Cl. The minimum atomic E-state index is -3.54. The maximum Gasteiger partial charge on any atom is 0.243 e. The number of piperidine rings is 1. The van der Waals surface area contributed by atoms with E-state index >= 15 is 0 Å². The van der Waals surface area contributed by atoms with Gasteiger partial charge in [0, 0.05) is 32.1 Å². The summed E-state index contributed by atoms with van der Waals surface area (Å²) in [4.78, 5) is 14.9. The minimum absolute atomic E-state index is 0.148. The van der Waals surface area contributed by atoms with Crippen LogP contribution in [0.5, 0.6) is 0 Å². The van der Waals surface area contributed by atoms with Gasteiger partial charge in [0.05, 0.1) is 15.6 Å². The van der Waals surface area contributed by atoms with Crippen molar-refractivity contribution in [1.29, 1.82) is 0 Å². The van der Waals surface area contributed by atoms with E-state index in [1.807, 2.05) is 0 Å². The number of nitrogens with zero attached hydrogens (tertiary/aromatic N) is 2. The van der Waals surface area contributed by atoms with Crippen molar-refractivity contribution in [2.24, 2.45) is 0 Å². The topological polar surface area (TPSA) is 69.7 Å². The summed E-state index contributed by atoms with van der Waals surface area (Å²) in [6.07, 6.45) is 5.72. The molecule has 6 nitrogen and oxygen atoms in total. The fourth-order valence-corrected chi connectivity index (χ4v) is 5.49. The number of nitrogens with one attached hydrogen (secondary N) is 1. The maximum absolute atomic E-state index is 12.7. The maximum atomic E-state index is 12.7. The van der Waals surface area contributed by atoms with Crippen LogP contribution in [0.4, 0.5) is 5.69 Å².